The Balaban J connectivity index is 2.82. The van der Waals surface area contributed by atoms with Crippen molar-refractivity contribution in [3.05, 3.63) is 0 Å². The van der Waals surface area contributed by atoms with Crippen LogP contribution in [0.5, 0.6) is 0 Å². The summed E-state index contributed by atoms with van der Waals surface area (Å²) in [7, 11) is -2.70. The van der Waals surface area contributed by atoms with Crippen LogP contribution in [0, 0.1) is 11.3 Å². The molecule has 1 aliphatic heterocycles. The van der Waals surface area contributed by atoms with Crippen LogP contribution in [0.15, 0.2) is 0 Å². The van der Waals surface area contributed by atoms with Crippen molar-refractivity contribution in [2.24, 2.45) is 11.3 Å². The molecule has 11 heavy (non-hydrogen) atoms. The van der Waals surface area contributed by atoms with Crippen molar-refractivity contribution in [1.29, 1.82) is 0 Å². The fourth-order valence-corrected chi connectivity index (χ4v) is 3.89. The number of hydrogen-bond donors (Lipinski definition) is 0. The van der Waals surface area contributed by atoms with E-state index in [0.717, 1.165) is 6.42 Å². The van der Waals surface area contributed by atoms with E-state index >= 15 is 0 Å². The van der Waals surface area contributed by atoms with Crippen molar-refractivity contribution < 1.29 is 8.42 Å². The third kappa shape index (κ3) is 1.75. The van der Waals surface area contributed by atoms with Gasteiger partial charge in [-0.1, -0.05) is 20.8 Å². The first-order valence-electron chi connectivity index (χ1n) is 4.06. The second-order valence-electron chi connectivity index (χ2n) is 4.15. The third-order valence-corrected chi connectivity index (χ3v) is 4.85. The maximum absolute atomic E-state index is 11.2. The minimum atomic E-state index is -2.70. The highest BCUT2D eigenvalue weighted by Gasteiger charge is 2.40. The Morgan fingerprint density at radius 3 is 2.09 bits per heavy atom. The number of sulfone groups is 1. The van der Waals surface area contributed by atoms with Crippen LogP contribution >= 0.6 is 0 Å². The van der Waals surface area contributed by atoms with Gasteiger partial charge in [-0.25, -0.2) is 8.42 Å². The first kappa shape index (κ1) is 9.04. The zero-order valence-corrected chi connectivity index (χ0v) is 8.24. The lowest BCUT2D eigenvalue weighted by Gasteiger charge is -2.26. The summed E-state index contributed by atoms with van der Waals surface area (Å²) in [6.45, 7) is 6.27. The van der Waals surface area contributed by atoms with Gasteiger partial charge in [-0.15, -0.1) is 0 Å². The zero-order chi connectivity index (χ0) is 8.70. The van der Waals surface area contributed by atoms with Gasteiger partial charge in [0.25, 0.3) is 0 Å². The molecule has 0 N–H and O–H groups in total. The molecule has 1 aliphatic rings. The summed E-state index contributed by atoms with van der Waals surface area (Å²) in [5.41, 5.74) is 0.0405. The molecule has 0 amide bonds. The fraction of sp³-hybridized carbons (Fsp3) is 1.00. The van der Waals surface area contributed by atoms with Gasteiger partial charge in [-0.3, -0.25) is 0 Å². The van der Waals surface area contributed by atoms with Crippen molar-refractivity contribution in [3.8, 4) is 0 Å². The fourth-order valence-electron chi connectivity index (χ4n) is 1.49. The van der Waals surface area contributed by atoms with Crippen LogP contribution in [0.4, 0.5) is 0 Å². The predicted molar refractivity (Wildman–Crippen MR) is 46.2 cm³/mol. The van der Waals surface area contributed by atoms with Gasteiger partial charge >= 0.3 is 0 Å². The number of rotatable bonds is 1. The van der Waals surface area contributed by atoms with E-state index in [9.17, 15) is 8.42 Å². The second-order valence-corrected chi connectivity index (χ2v) is 6.33. The molecule has 1 atom stereocenters. The summed E-state index contributed by atoms with van der Waals surface area (Å²) in [6.07, 6.45) is 0.840. The Morgan fingerprint density at radius 2 is 1.91 bits per heavy atom. The van der Waals surface area contributed by atoms with E-state index < -0.39 is 9.84 Å². The molecule has 1 saturated heterocycles. The minimum Gasteiger partial charge on any atom is -0.229 e. The van der Waals surface area contributed by atoms with Gasteiger partial charge in [0.05, 0.1) is 11.5 Å². The lowest BCUT2D eigenvalue weighted by molar-refractivity contribution is 0.259. The van der Waals surface area contributed by atoms with Crippen LogP contribution in [0.1, 0.15) is 27.2 Å². The van der Waals surface area contributed by atoms with Gasteiger partial charge in [-0.05, 0) is 17.8 Å². The van der Waals surface area contributed by atoms with E-state index in [-0.39, 0.29) is 5.41 Å². The Hall–Kier alpha value is -0.0500. The molecule has 0 spiro atoms. The maximum Gasteiger partial charge on any atom is 0.150 e. The van der Waals surface area contributed by atoms with Crippen LogP contribution in [0.3, 0.4) is 0 Å². The first-order valence-corrected chi connectivity index (χ1v) is 5.88. The quantitative estimate of drug-likeness (QED) is 0.606. The van der Waals surface area contributed by atoms with Gasteiger partial charge in [-0.2, -0.15) is 0 Å². The van der Waals surface area contributed by atoms with E-state index in [1.54, 1.807) is 0 Å². The van der Waals surface area contributed by atoms with Crippen LogP contribution in [0.25, 0.3) is 0 Å². The highest BCUT2D eigenvalue weighted by atomic mass is 32.2. The topological polar surface area (TPSA) is 34.1 Å². The molecular formula is C8H16O2S. The molecule has 2 nitrogen and oxygen atoms in total. The van der Waals surface area contributed by atoms with Crippen molar-refractivity contribution in [1.82, 2.24) is 0 Å². The molecule has 0 radical (unpaired) electrons. The van der Waals surface area contributed by atoms with Gasteiger partial charge in [0.15, 0.2) is 9.84 Å². The normalized spacial score (nSPS) is 36.4. The van der Waals surface area contributed by atoms with E-state index in [4.69, 9.17) is 0 Å². The smallest absolute Gasteiger partial charge is 0.150 e. The summed E-state index contributed by atoms with van der Waals surface area (Å²) in [4.78, 5) is 0. The lowest BCUT2D eigenvalue weighted by atomic mass is 9.79. The first-order chi connectivity index (χ1) is 4.86. The molecule has 66 valence electrons. The van der Waals surface area contributed by atoms with E-state index in [1.165, 1.54) is 0 Å². The zero-order valence-electron chi connectivity index (χ0n) is 7.42. The van der Waals surface area contributed by atoms with E-state index in [1.807, 2.05) is 0 Å². The largest absolute Gasteiger partial charge is 0.229 e. The predicted octanol–water partition coefficient (Wildman–Crippen LogP) is 1.47. The maximum atomic E-state index is 11.2. The Morgan fingerprint density at radius 1 is 1.36 bits per heavy atom. The average molecular weight is 176 g/mol. The number of hydrogen-bond acceptors (Lipinski definition) is 2. The molecule has 0 aliphatic carbocycles. The van der Waals surface area contributed by atoms with Gasteiger partial charge < -0.3 is 0 Å². The minimum absolute atomic E-state index is 0.0405. The molecular weight excluding hydrogens is 160 g/mol. The summed E-state index contributed by atoms with van der Waals surface area (Å²) in [6, 6.07) is 0. The monoisotopic (exact) mass is 176 g/mol. The van der Waals surface area contributed by atoms with Crippen molar-refractivity contribution in [2.75, 3.05) is 11.5 Å². The van der Waals surface area contributed by atoms with Crippen molar-refractivity contribution >= 4 is 9.84 Å². The summed E-state index contributed by atoms with van der Waals surface area (Å²) < 4.78 is 22.3. The van der Waals surface area contributed by atoms with Crippen LogP contribution in [-0.2, 0) is 9.84 Å². The molecule has 3 heteroatoms. The van der Waals surface area contributed by atoms with E-state index in [2.05, 4.69) is 20.8 Å². The summed E-state index contributed by atoms with van der Waals surface area (Å²) in [5, 5.41) is 0. The molecule has 1 rings (SSSR count). The molecule has 0 bridgehead atoms. The summed E-state index contributed by atoms with van der Waals surface area (Å²) in [5.74, 6) is 1.25. The van der Waals surface area contributed by atoms with Gasteiger partial charge in [0.1, 0.15) is 0 Å². The summed E-state index contributed by atoms with van der Waals surface area (Å²) >= 11 is 0. The molecule has 0 unspecified atom stereocenters. The molecule has 0 aromatic carbocycles. The lowest BCUT2D eigenvalue weighted by Crippen LogP contribution is -2.24. The van der Waals surface area contributed by atoms with Crippen LogP contribution in [0.2, 0.25) is 0 Å². The van der Waals surface area contributed by atoms with Crippen LogP contribution in [-0.4, -0.2) is 19.9 Å². The molecule has 1 heterocycles. The Kier molecular flexibility index (Phi) is 2.03. The second kappa shape index (κ2) is 2.47. The third-order valence-electron chi connectivity index (χ3n) is 2.93. The highest BCUT2D eigenvalue weighted by molar-refractivity contribution is 7.91. The van der Waals surface area contributed by atoms with Gasteiger partial charge in [0.2, 0.25) is 0 Å². The Bertz CT molecular complexity index is 241. The van der Waals surface area contributed by atoms with Crippen molar-refractivity contribution in [3.63, 3.8) is 0 Å². The molecule has 0 aromatic heterocycles. The molecule has 0 saturated carbocycles. The highest BCUT2D eigenvalue weighted by Crippen LogP contribution is 2.38. The molecule has 0 aromatic rings. The Labute approximate surface area is 68.9 Å². The SMILES string of the molecule is CC(C)[C@@]1(C)CCS(=O)(=O)C1. The molecule has 1 fully saturated rings. The van der Waals surface area contributed by atoms with Crippen molar-refractivity contribution in [2.45, 2.75) is 27.2 Å². The standard InChI is InChI=1S/C8H16O2S/c1-7(2)8(3)4-5-11(9,10)6-8/h7H,4-6H2,1-3H3/t8-/m0/s1. The van der Waals surface area contributed by atoms with E-state index in [0.29, 0.717) is 17.4 Å². The van der Waals surface area contributed by atoms with Crippen LogP contribution < -0.4 is 0 Å². The van der Waals surface area contributed by atoms with Gasteiger partial charge in [0, 0.05) is 0 Å². The average Bonchev–Trinajstić information content (AvgIpc) is 2.08.